The predicted molar refractivity (Wildman–Crippen MR) is 97.6 cm³/mol. The van der Waals surface area contributed by atoms with E-state index in [1.807, 2.05) is 19.1 Å². The first-order chi connectivity index (χ1) is 12.6. The third-order valence-corrected chi connectivity index (χ3v) is 4.90. The van der Waals surface area contributed by atoms with E-state index in [-0.39, 0.29) is 28.8 Å². The summed E-state index contributed by atoms with van der Waals surface area (Å²) in [7, 11) is 0. The maximum Gasteiger partial charge on any atom is 0.314 e. The van der Waals surface area contributed by atoms with Gasteiger partial charge in [-0.1, -0.05) is 26.7 Å². The SMILES string of the molecule is CCCOc1ccc(OC(=O)C2CCC(CCC)CC2)c(C#N)c1C#N. The molecule has 2 rings (SSSR count). The lowest BCUT2D eigenvalue weighted by Crippen LogP contribution is -2.26. The fourth-order valence-corrected chi connectivity index (χ4v) is 3.49. The molecule has 0 N–H and O–H groups in total. The molecule has 0 spiro atoms. The van der Waals surface area contributed by atoms with Gasteiger partial charge in [-0.25, -0.2) is 0 Å². The Morgan fingerprint density at radius 1 is 1.04 bits per heavy atom. The average Bonchev–Trinajstić information content (AvgIpc) is 2.67. The number of benzene rings is 1. The molecule has 0 aromatic heterocycles. The van der Waals surface area contributed by atoms with Crippen molar-refractivity contribution in [2.45, 2.75) is 58.8 Å². The molecule has 1 aromatic rings. The number of ether oxygens (including phenoxy) is 2. The second kappa shape index (κ2) is 9.82. The molecule has 1 aliphatic rings. The van der Waals surface area contributed by atoms with E-state index in [1.165, 1.54) is 12.8 Å². The second-order valence-corrected chi connectivity index (χ2v) is 6.81. The number of hydrogen-bond acceptors (Lipinski definition) is 5. The zero-order valence-electron chi connectivity index (χ0n) is 15.6. The summed E-state index contributed by atoms with van der Waals surface area (Å²) in [6.45, 7) is 4.60. The van der Waals surface area contributed by atoms with Gasteiger partial charge in [0.2, 0.25) is 0 Å². The van der Waals surface area contributed by atoms with Crippen LogP contribution in [0.1, 0.15) is 69.9 Å². The molecule has 5 nitrogen and oxygen atoms in total. The minimum absolute atomic E-state index is 0.0640. The van der Waals surface area contributed by atoms with Crippen molar-refractivity contribution >= 4 is 5.97 Å². The third-order valence-electron chi connectivity index (χ3n) is 4.90. The molecule has 0 heterocycles. The minimum atomic E-state index is -0.303. The Morgan fingerprint density at radius 3 is 2.23 bits per heavy atom. The van der Waals surface area contributed by atoms with Crippen LogP contribution in [0.5, 0.6) is 11.5 Å². The van der Waals surface area contributed by atoms with Crippen LogP contribution in [0.25, 0.3) is 0 Å². The van der Waals surface area contributed by atoms with Crippen LogP contribution in [0.4, 0.5) is 0 Å². The van der Waals surface area contributed by atoms with E-state index in [0.717, 1.165) is 32.1 Å². The van der Waals surface area contributed by atoms with E-state index >= 15 is 0 Å². The van der Waals surface area contributed by atoms with Crippen LogP contribution in [0.15, 0.2) is 12.1 Å². The van der Waals surface area contributed by atoms with E-state index in [0.29, 0.717) is 18.3 Å². The average molecular weight is 354 g/mol. The molecule has 0 amide bonds. The van der Waals surface area contributed by atoms with Gasteiger partial charge in [-0.15, -0.1) is 0 Å². The first kappa shape index (κ1) is 19.8. The number of rotatable bonds is 7. The Labute approximate surface area is 155 Å². The molecule has 1 aliphatic carbocycles. The van der Waals surface area contributed by atoms with Gasteiger partial charge in [0.15, 0.2) is 0 Å². The number of carbonyl (C=O) groups is 1. The summed E-state index contributed by atoms with van der Waals surface area (Å²) in [6, 6.07) is 7.12. The molecule has 0 saturated heterocycles. The summed E-state index contributed by atoms with van der Waals surface area (Å²) in [5, 5.41) is 18.8. The fourth-order valence-electron chi connectivity index (χ4n) is 3.49. The standard InChI is InChI=1S/C21H26N2O3/c1-3-5-15-6-8-16(9-7-15)21(24)26-20-11-10-19(25-12-4-2)17(13-22)18(20)14-23/h10-11,15-16H,3-9,12H2,1-2H3. The molecule has 1 saturated carbocycles. The topological polar surface area (TPSA) is 83.1 Å². The summed E-state index contributed by atoms with van der Waals surface area (Å²) in [4.78, 5) is 12.5. The number of nitriles is 2. The molecule has 5 heteroatoms. The maximum absolute atomic E-state index is 12.5. The highest BCUT2D eigenvalue weighted by Crippen LogP contribution is 2.34. The van der Waals surface area contributed by atoms with E-state index < -0.39 is 0 Å². The first-order valence-corrected chi connectivity index (χ1v) is 9.46. The molecule has 1 fully saturated rings. The quantitative estimate of drug-likeness (QED) is 0.522. The molecule has 0 unspecified atom stereocenters. The molecular weight excluding hydrogens is 328 g/mol. The van der Waals surface area contributed by atoms with Crippen molar-refractivity contribution in [3.8, 4) is 23.6 Å². The lowest BCUT2D eigenvalue weighted by molar-refractivity contribution is -0.140. The molecule has 0 aliphatic heterocycles. The Bertz CT molecular complexity index is 707. The minimum Gasteiger partial charge on any atom is -0.492 e. The smallest absolute Gasteiger partial charge is 0.314 e. The maximum atomic E-state index is 12.5. The van der Waals surface area contributed by atoms with E-state index in [4.69, 9.17) is 9.47 Å². The monoisotopic (exact) mass is 354 g/mol. The van der Waals surface area contributed by atoms with Crippen molar-refractivity contribution in [3.05, 3.63) is 23.3 Å². The summed E-state index contributed by atoms with van der Waals surface area (Å²) in [6.07, 6.45) is 6.93. The Hall–Kier alpha value is -2.53. The molecule has 0 radical (unpaired) electrons. The lowest BCUT2D eigenvalue weighted by atomic mass is 9.80. The van der Waals surface area contributed by atoms with Crippen molar-refractivity contribution in [1.29, 1.82) is 10.5 Å². The van der Waals surface area contributed by atoms with Crippen LogP contribution < -0.4 is 9.47 Å². The van der Waals surface area contributed by atoms with Gasteiger partial charge >= 0.3 is 5.97 Å². The van der Waals surface area contributed by atoms with Gasteiger partial charge in [-0.05, 0) is 50.2 Å². The molecule has 0 atom stereocenters. The number of esters is 1. The predicted octanol–water partition coefficient (Wildman–Crippen LogP) is 4.73. The van der Waals surface area contributed by atoms with E-state index in [2.05, 4.69) is 6.92 Å². The van der Waals surface area contributed by atoms with E-state index in [1.54, 1.807) is 12.1 Å². The summed E-state index contributed by atoms with van der Waals surface area (Å²) >= 11 is 0. The van der Waals surface area contributed by atoms with Crippen LogP contribution >= 0.6 is 0 Å². The molecule has 1 aromatic carbocycles. The fraction of sp³-hybridized carbons (Fsp3) is 0.571. The summed E-state index contributed by atoms with van der Waals surface area (Å²) < 4.78 is 11.0. The van der Waals surface area contributed by atoms with Gasteiger partial charge in [-0.2, -0.15) is 10.5 Å². The highest BCUT2D eigenvalue weighted by Gasteiger charge is 2.28. The van der Waals surface area contributed by atoms with Crippen LogP contribution in [0.3, 0.4) is 0 Å². The van der Waals surface area contributed by atoms with Crippen molar-refractivity contribution in [1.82, 2.24) is 0 Å². The van der Waals surface area contributed by atoms with Gasteiger partial charge < -0.3 is 9.47 Å². The van der Waals surface area contributed by atoms with Crippen molar-refractivity contribution in [2.75, 3.05) is 6.61 Å². The van der Waals surface area contributed by atoms with Crippen molar-refractivity contribution in [2.24, 2.45) is 11.8 Å². The van der Waals surface area contributed by atoms with Crippen molar-refractivity contribution < 1.29 is 14.3 Å². The third kappa shape index (κ3) is 4.76. The highest BCUT2D eigenvalue weighted by atomic mass is 16.5. The largest absolute Gasteiger partial charge is 0.492 e. The van der Waals surface area contributed by atoms with Crippen molar-refractivity contribution in [3.63, 3.8) is 0 Å². The summed E-state index contributed by atoms with van der Waals surface area (Å²) in [5.74, 6) is 0.775. The summed E-state index contributed by atoms with van der Waals surface area (Å²) in [5.41, 5.74) is 0.187. The van der Waals surface area contributed by atoms with Gasteiger partial charge in [0.25, 0.3) is 0 Å². The highest BCUT2D eigenvalue weighted by molar-refractivity contribution is 5.77. The number of nitrogens with zero attached hydrogens (tertiary/aromatic N) is 2. The zero-order valence-corrected chi connectivity index (χ0v) is 15.6. The zero-order chi connectivity index (χ0) is 18.9. The lowest BCUT2D eigenvalue weighted by Gasteiger charge is -2.27. The molecular formula is C21H26N2O3. The van der Waals surface area contributed by atoms with Crippen LogP contribution in [-0.4, -0.2) is 12.6 Å². The van der Waals surface area contributed by atoms with Gasteiger partial charge in [0, 0.05) is 0 Å². The molecule has 26 heavy (non-hydrogen) atoms. The van der Waals surface area contributed by atoms with Gasteiger partial charge in [0.1, 0.15) is 34.8 Å². The molecule has 138 valence electrons. The Morgan fingerprint density at radius 2 is 1.65 bits per heavy atom. The Balaban J connectivity index is 2.11. The second-order valence-electron chi connectivity index (χ2n) is 6.81. The van der Waals surface area contributed by atoms with Gasteiger partial charge in [0.05, 0.1) is 12.5 Å². The Kier molecular flexibility index (Phi) is 7.48. The number of hydrogen-bond donors (Lipinski definition) is 0. The van der Waals surface area contributed by atoms with Gasteiger partial charge in [-0.3, -0.25) is 4.79 Å². The first-order valence-electron chi connectivity index (χ1n) is 9.46. The normalized spacial score (nSPS) is 19.2. The van der Waals surface area contributed by atoms with Crippen LogP contribution in [-0.2, 0) is 4.79 Å². The number of carbonyl (C=O) groups excluding carboxylic acids is 1. The van der Waals surface area contributed by atoms with E-state index in [9.17, 15) is 15.3 Å². The van der Waals surface area contributed by atoms with Crippen LogP contribution in [0.2, 0.25) is 0 Å². The van der Waals surface area contributed by atoms with Crippen LogP contribution in [0, 0.1) is 34.5 Å². The molecule has 0 bridgehead atoms.